The molecule has 0 spiro atoms. The fraction of sp³-hybridized carbons (Fsp3) is 0.429. The third-order valence-corrected chi connectivity index (χ3v) is 4.33. The lowest BCUT2D eigenvalue weighted by molar-refractivity contribution is -0.143. The highest BCUT2D eigenvalue weighted by atomic mass is 16.6. The summed E-state index contributed by atoms with van der Waals surface area (Å²) in [6.45, 7) is 3.72. The number of Topliss-reactive ketones (excluding diaryl/α,β-unsaturated/α-hetero) is 1. The van der Waals surface area contributed by atoms with E-state index in [0.717, 1.165) is 5.56 Å². The minimum atomic E-state index is -0.748. The van der Waals surface area contributed by atoms with E-state index in [9.17, 15) is 9.59 Å². The van der Waals surface area contributed by atoms with Crippen molar-refractivity contribution >= 4 is 11.8 Å². The fourth-order valence-electron chi connectivity index (χ4n) is 2.91. The summed E-state index contributed by atoms with van der Waals surface area (Å²) in [5, 5.41) is 0. The van der Waals surface area contributed by atoms with E-state index in [1.807, 2.05) is 13.8 Å². The number of hydrogen-bond donors (Lipinski definition) is 0. The van der Waals surface area contributed by atoms with Crippen LogP contribution in [-0.4, -0.2) is 25.0 Å². The van der Waals surface area contributed by atoms with E-state index in [-0.39, 0.29) is 17.7 Å². The number of ether oxygens (including phenoxy) is 2. The first-order chi connectivity index (χ1) is 8.50. The Kier molecular flexibility index (Phi) is 2.09. The highest BCUT2D eigenvalue weighted by Crippen LogP contribution is 2.49. The number of benzene rings is 1. The van der Waals surface area contributed by atoms with Gasteiger partial charge in [0.1, 0.15) is 5.75 Å². The molecule has 1 fully saturated rings. The number of esters is 1. The van der Waals surface area contributed by atoms with Crippen molar-refractivity contribution in [2.75, 3.05) is 7.11 Å². The van der Waals surface area contributed by atoms with Crippen LogP contribution < -0.4 is 4.74 Å². The summed E-state index contributed by atoms with van der Waals surface area (Å²) in [6, 6.07) is 5.22. The summed E-state index contributed by atoms with van der Waals surface area (Å²) in [6.07, 6.45) is -0.636. The quantitative estimate of drug-likeness (QED) is 0.708. The molecule has 2 aliphatic rings. The van der Waals surface area contributed by atoms with Crippen LogP contribution in [0.3, 0.4) is 0 Å². The predicted octanol–water partition coefficient (Wildman–Crippen LogP) is 1.71. The first kappa shape index (κ1) is 11.3. The third-order valence-electron chi connectivity index (χ3n) is 4.33. The van der Waals surface area contributed by atoms with Gasteiger partial charge in [0.25, 0.3) is 0 Å². The van der Waals surface area contributed by atoms with Gasteiger partial charge in [-0.1, -0.05) is 6.92 Å². The second-order valence-corrected chi connectivity index (χ2v) is 5.09. The van der Waals surface area contributed by atoms with Gasteiger partial charge < -0.3 is 9.47 Å². The monoisotopic (exact) mass is 246 g/mol. The van der Waals surface area contributed by atoms with Crippen LogP contribution in [-0.2, 0) is 14.9 Å². The Bertz CT molecular complexity index is 563. The molecule has 0 radical (unpaired) electrons. The summed E-state index contributed by atoms with van der Waals surface area (Å²) >= 11 is 0. The van der Waals surface area contributed by atoms with E-state index in [1.165, 1.54) is 0 Å². The number of hydrogen-bond acceptors (Lipinski definition) is 4. The molecule has 0 N–H and O–H groups in total. The SMILES string of the molecule is COc1ccc2c(c1)C1(C)C(=O)OC(C2=O)C1C. The number of fused-ring (bicyclic) bond motifs is 4. The van der Waals surface area contributed by atoms with Gasteiger partial charge in [-0.05, 0) is 30.7 Å². The van der Waals surface area contributed by atoms with E-state index in [0.29, 0.717) is 11.3 Å². The molecule has 18 heavy (non-hydrogen) atoms. The van der Waals surface area contributed by atoms with Gasteiger partial charge in [0, 0.05) is 11.5 Å². The fourth-order valence-corrected chi connectivity index (χ4v) is 2.91. The highest BCUT2D eigenvalue weighted by molar-refractivity contribution is 6.09. The Morgan fingerprint density at radius 2 is 2.06 bits per heavy atom. The molecule has 0 saturated carbocycles. The lowest BCUT2D eigenvalue weighted by Gasteiger charge is -2.32. The molecule has 1 aliphatic carbocycles. The minimum absolute atomic E-state index is 0.108. The summed E-state index contributed by atoms with van der Waals surface area (Å²) in [5.41, 5.74) is 0.549. The average Bonchev–Trinajstić information content (AvgIpc) is 2.57. The minimum Gasteiger partial charge on any atom is -0.497 e. The van der Waals surface area contributed by atoms with Crippen molar-refractivity contribution < 1.29 is 19.1 Å². The largest absolute Gasteiger partial charge is 0.497 e. The van der Waals surface area contributed by atoms with Crippen molar-refractivity contribution in [3.63, 3.8) is 0 Å². The summed E-state index contributed by atoms with van der Waals surface area (Å²) in [4.78, 5) is 24.3. The standard InChI is InChI=1S/C14H14O4/c1-7-12-11(15)9-5-4-8(17-3)6-10(9)14(7,2)13(16)18-12/h4-7,12H,1-3H3. The Hall–Kier alpha value is -1.84. The lowest BCUT2D eigenvalue weighted by atomic mass is 9.65. The normalized spacial score (nSPS) is 33.1. The van der Waals surface area contributed by atoms with Crippen molar-refractivity contribution in [3.8, 4) is 5.75 Å². The zero-order valence-corrected chi connectivity index (χ0v) is 10.5. The number of carbonyl (C=O) groups excluding carboxylic acids is 2. The molecular formula is C14H14O4. The highest BCUT2D eigenvalue weighted by Gasteiger charge is 2.60. The second-order valence-electron chi connectivity index (χ2n) is 5.09. The molecule has 1 aromatic carbocycles. The summed E-state index contributed by atoms with van der Waals surface area (Å²) < 4.78 is 10.4. The van der Waals surface area contributed by atoms with Crippen molar-refractivity contribution in [1.82, 2.24) is 0 Å². The van der Waals surface area contributed by atoms with Crippen LogP contribution in [0.1, 0.15) is 29.8 Å². The average molecular weight is 246 g/mol. The Balaban J connectivity index is 2.30. The van der Waals surface area contributed by atoms with Crippen LogP contribution in [0.4, 0.5) is 0 Å². The third kappa shape index (κ3) is 1.10. The van der Waals surface area contributed by atoms with E-state index in [4.69, 9.17) is 9.47 Å². The van der Waals surface area contributed by atoms with Crippen molar-refractivity contribution in [1.29, 1.82) is 0 Å². The van der Waals surface area contributed by atoms with Crippen LogP contribution in [0.15, 0.2) is 18.2 Å². The summed E-state index contributed by atoms with van der Waals surface area (Å²) in [5.74, 6) is 0.0778. The van der Waals surface area contributed by atoms with Crippen LogP contribution in [0.25, 0.3) is 0 Å². The van der Waals surface area contributed by atoms with Crippen LogP contribution in [0.5, 0.6) is 5.75 Å². The maximum absolute atomic E-state index is 12.3. The maximum Gasteiger partial charge on any atom is 0.317 e. The molecule has 1 aliphatic heterocycles. The number of carbonyl (C=O) groups is 2. The van der Waals surface area contributed by atoms with Crippen molar-refractivity contribution in [2.45, 2.75) is 25.4 Å². The number of ketones is 1. The van der Waals surface area contributed by atoms with E-state index in [1.54, 1.807) is 25.3 Å². The first-order valence-electron chi connectivity index (χ1n) is 5.94. The molecule has 4 heteroatoms. The summed E-state index contributed by atoms with van der Waals surface area (Å²) in [7, 11) is 1.56. The van der Waals surface area contributed by atoms with Gasteiger partial charge in [0.2, 0.25) is 5.78 Å². The van der Waals surface area contributed by atoms with Crippen molar-refractivity contribution in [2.24, 2.45) is 5.92 Å². The molecule has 1 heterocycles. The zero-order valence-electron chi connectivity index (χ0n) is 10.5. The number of rotatable bonds is 1. The van der Waals surface area contributed by atoms with Gasteiger partial charge >= 0.3 is 5.97 Å². The zero-order chi connectivity index (χ0) is 13.1. The first-order valence-corrected chi connectivity index (χ1v) is 5.94. The van der Waals surface area contributed by atoms with Gasteiger partial charge in [0.15, 0.2) is 6.10 Å². The van der Waals surface area contributed by atoms with Crippen molar-refractivity contribution in [3.05, 3.63) is 29.3 Å². The molecule has 94 valence electrons. The van der Waals surface area contributed by atoms with Gasteiger partial charge in [-0.2, -0.15) is 0 Å². The molecule has 4 nitrogen and oxygen atoms in total. The molecular weight excluding hydrogens is 232 g/mol. The molecule has 3 atom stereocenters. The van der Waals surface area contributed by atoms with Crippen LogP contribution >= 0.6 is 0 Å². The Morgan fingerprint density at radius 1 is 1.33 bits per heavy atom. The molecule has 3 rings (SSSR count). The molecule has 2 bridgehead atoms. The van der Waals surface area contributed by atoms with Crippen LogP contribution in [0, 0.1) is 5.92 Å². The second kappa shape index (κ2) is 3.34. The predicted molar refractivity (Wildman–Crippen MR) is 63.7 cm³/mol. The van der Waals surface area contributed by atoms with E-state index < -0.39 is 11.5 Å². The maximum atomic E-state index is 12.3. The van der Waals surface area contributed by atoms with Gasteiger partial charge in [0.05, 0.1) is 12.5 Å². The molecule has 1 saturated heterocycles. The molecule has 0 amide bonds. The van der Waals surface area contributed by atoms with E-state index in [2.05, 4.69) is 0 Å². The number of methoxy groups -OCH3 is 1. The molecule has 3 unspecified atom stereocenters. The smallest absolute Gasteiger partial charge is 0.317 e. The van der Waals surface area contributed by atoms with Crippen LogP contribution in [0.2, 0.25) is 0 Å². The topological polar surface area (TPSA) is 52.6 Å². The van der Waals surface area contributed by atoms with Gasteiger partial charge in [-0.3, -0.25) is 9.59 Å². The molecule has 1 aromatic rings. The van der Waals surface area contributed by atoms with E-state index >= 15 is 0 Å². The molecule has 0 aromatic heterocycles. The van der Waals surface area contributed by atoms with Gasteiger partial charge in [-0.25, -0.2) is 0 Å². The van der Waals surface area contributed by atoms with Gasteiger partial charge in [-0.15, -0.1) is 0 Å². The lowest BCUT2D eigenvalue weighted by Crippen LogP contribution is -2.42. The Morgan fingerprint density at radius 3 is 2.72 bits per heavy atom. The Labute approximate surface area is 105 Å².